The van der Waals surface area contributed by atoms with Crippen molar-refractivity contribution in [1.82, 2.24) is 24.2 Å². The number of ether oxygens (including phenoxy) is 4. The Morgan fingerprint density at radius 1 is 0.964 bits per heavy atom. The molecule has 15 heteroatoms. The fraction of sp³-hybridized carbons (Fsp3) is 0.300. The number of hydrogen-bond acceptors (Lipinski definition) is 11. The van der Waals surface area contributed by atoms with E-state index in [0.29, 0.717) is 41.9 Å². The van der Waals surface area contributed by atoms with Crippen LogP contribution in [0.25, 0.3) is 11.1 Å². The first-order valence-electron chi connectivity index (χ1n) is 17.7. The van der Waals surface area contributed by atoms with Gasteiger partial charge in [0.25, 0.3) is 10.0 Å². The van der Waals surface area contributed by atoms with E-state index < -0.39 is 10.0 Å². The number of halogens is 1. The second-order valence-corrected chi connectivity index (χ2v) is 15.1. The molecular weight excluding hydrogens is 744 g/mol. The molecule has 4 heterocycles. The first-order chi connectivity index (χ1) is 26.6. The van der Waals surface area contributed by atoms with Crippen LogP contribution in [0.15, 0.2) is 84.5 Å². The van der Waals surface area contributed by atoms with Gasteiger partial charge in [-0.15, -0.1) is 0 Å². The van der Waals surface area contributed by atoms with E-state index in [1.807, 2.05) is 30.3 Å². The third kappa shape index (κ3) is 10.1. The maximum Gasteiger partial charge on any atom is 0.282 e. The van der Waals surface area contributed by atoms with Gasteiger partial charge in [0.1, 0.15) is 44.0 Å². The molecule has 3 aromatic carbocycles. The summed E-state index contributed by atoms with van der Waals surface area (Å²) in [4.78, 5) is 20.0. The number of piperidine rings is 1. The Labute approximate surface area is 325 Å². The van der Waals surface area contributed by atoms with E-state index in [-0.39, 0.29) is 18.0 Å². The predicted octanol–water partition coefficient (Wildman–Crippen LogP) is 6.35. The number of benzene rings is 3. The zero-order valence-corrected chi connectivity index (χ0v) is 32.1. The van der Waals surface area contributed by atoms with E-state index in [2.05, 4.69) is 46.1 Å². The van der Waals surface area contributed by atoms with Crippen LogP contribution >= 0.6 is 11.6 Å². The highest BCUT2D eigenvalue weighted by atomic mass is 35.5. The Bertz CT molecular complexity index is 2290. The van der Waals surface area contributed by atoms with Crippen molar-refractivity contribution in [3.05, 3.63) is 112 Å². The van der Waals surface area contributed by atoms with Gasteiger partial charge in [-0.2, -0.15) is 13.7 Å². The summed E-state index contributed by atoms with van der Waals surface area (Å²) in [7, 11) is -2.11. The molecule has 0 unspecified atom stereocenters. The number of rotatable bonds is 12. The Morgan fingerprint density at radius 2 is 1.75 bits per heavy atom. The molecule has 0 aliphatic carbocycles. The molecule has 7 rings (SSSR count). The van der Waals surface area contributed by atoms with E-state index in [4.69, 9.17) is 30.5 Å². The van der Waals surface area contributed by atoms with Gasteiger partial charge in [0.2, 0.25) is 6.41 Å². The molecular formula is C40H41ClN6O7S. The number of aromatic nitrogens is 3. The molecule has 2 aliphatic heterocycles. The molecule has 1 N–H and O–H groups in total. The van der Waals surface area contributed by atoms with Gasteiger partial charge >= 0.3 is 0 Å². The maximum absolute atomic E-state index is 11.0. The zero-order chi connectivity index (χ0) is 38.8. The number of imidazole rings is 1. The number of fused-ring (bicyclic) bond motifs is 1. The van der Waals surface area contributed by atoms with Crippen LogP contribution in [0.1, 0.15) is 47.1 Å². The quantitative estimate of drug-likeness (QED) is 0.141. The van der Waals surface area contributed by atoms with Crippen molar-refractivity contribution < 1.29 is 32.2 Å². The van der Waals surface area contributed by atoms with Crippen molar-refractivity contribution in [1.29, 1.82) is 5.26 Å². The van der Waals surface area contributed by atoms with Crippen molar-refractivity contribution in [2.75, 3.05) is 26.3 Å². The number of hydrogen-bond donors (Lipinski definition) is 1. The van der Waals surface area contributed by atoms with Crippen LogP contribution in [0.2, 0.25) is 5.02 Å². The summed E-state index contributed by atoms with van der Waals surface area (Å²) in [5, 5.41) is 9.64. The molecule has 0 atom stereocenters. The molecule has 1 amide bonds. The van der Waals surface area contributed by atoms with Gasteiger partial charge in [-0.25, -0.2) is 4.98 Å². The average molecular weight is 785 g/mol. The standard InChI is InChI=1S/C35H34ClN3O4.C5H7N3O3S/c1-24-28(6-5-7-30(24)27-8-9-32-35(16-27)41-13-12-40-32)23-43-34-17-33(42-22-26-14-25(18-37)19-38-20-26)29(15-31(34)36)21-39-10-3-2-4-11-39;1-8-2-5(6-3-8)12(10,11)7-4-9/h5-9,14-17,19-20H,2-4,10-13,21-23H2,1H3;2-4H,1H3,(H,7,9). The van der Waals surface area contributed by atoms with Crippen LogP contribution in [-0.2, 0) is 41.6 Å². The average Bonchev–Trinajstić information content (AvgIpc) is 3.65. The Balaban J connectivity index is 0.000000367. The molecule has 5 aromatic rings. The highest BCUT2D eigenvalue weighted by Gasteiger charge is 2.19. The molecule has 1 saturated heterocycles. The van der Waals surface area contributed by atoms with Crippen molar-refractivity contribution in [2.24, 2.45) is 7.05 Å². The van der Waals surface area contributed by atoms with Crippen LogP contribution in [0.4, 0.5) is 0 Å². The Hall–Kier alpha value is -5.62. The Morgan fingerprint density at radius 3 is 2.49 bits per heavy atom. The third-order valence-corrected chi connectivity index (χ3v) is 10.6. The van der Waals surface area contributed by atoms with Gasteiger partial charge in [0.05, 0.1) is 16.9 Å². The van der Waals surface area contributed by atoms with Gasteiger partial charge in [-0.3, -0.25) is 19.4 Å². The lowest BCUT2D eigenvalue weighted by molar-refractivity contribution is -0.108. The molecule has 2 aromatic heterocycles. The third-order valence-electron chi connectivity index (χ3n) is 9.12. The maximum atomic E-state index is 11.0. The highest BCUT2D eigenvalue weighted by Crippen LogP contribution is 2.38. The van der Waals surface area contributed by atoms with E-state index in [1.54, 1.807) is 30.2 Å². The largest absolute Gasteiger partial charge is 0.488 e. The van der Waals surface area contributed by atoms with Crippen LogP contribution in [-0.4, -0.2) is 60.6 Å². The van der Waals surface area contributed by atoms with E-state index in [0.717, 1.165) is 64.5 Å². The van der Waals surface area contributed by atoms with Gasteiger partial charge in [-0.1, -0.05) is 42.3 Å². The smallest absolute Gasteiger partial charge is 0.282 e. The van der Waals surface area contributed by atoms with Gasteiger partial charge in [0, 0.05) is 49.4 Å². The molecule has 55 heavy (non-hydrogen) atoms. The summed E-state index contributed by atoms with van der Waals surface area (Å²) < 4.78 is 49.3. The number of nitrogens with one attached hydrogen (secondary N) is 1. The first-order valence-corrected chi connectivity index (χ1v) is 19.6. The van der Waals surface area contributed by atoms with Crippen LogP contribution in [0.3, 0.4) is 0 Å². The Kier molecular flexibility index (Phi) is 12.9. The van der Waals surface area contributed by atoms with Crippen LogP contribution < -0.4 is 23.7 Å². The second kappa shape index (κ2) is 18.1. The molecule has 0 radical (unpaired) electrons. The van der Waals surface area contributed by atoms with E-state index in [9.17, 15) is 18.5 Å². The van der Waals surface area contributed by atoms with Crippen molar-refractivity contribution >= 4 is 28.0 Å². The summed E-state index contributed by atoms with van der Waals surface area (Å²) in [5.74, 6) is 2.82. The lowest BCUT2D eigenvalue weighted by Crippen LogP contribution is -2.29. The second-order valence-electron chi connectivity index (χ2n) is 13.1. The van der Waals surface area contributed by atoms with E-state index >= 15 is 0 Å². The summed E-state index contributed by atoms with van der Waals surface area (Å²) in [5.41, 5.74) is 6.70. The molecule has 286 valence electrons. The summed E-state index contributed by atoms with van der Waals surface area (Å²) in [6.07, 6.45) is 9.66. The normalized spacial score (nSPS) is 13.9. The first kappa shape index (κ1) is 39.1. The minimum absolute atomic E-state index is 0.101. The number of aryl methyl sites for hydroxylation is 1. The molecule has 0 saturated carbocycles. The SMILES string of the molecule is Cc1c(COc2cc(OCc3cncc(C#N)c3)c(CN3CCCCC3)cc2Cl)cccc1-c1ccc2c(c1)OCCO2.Cn1cnc(S(=O)(=O)NC=O)c1. The van der Waals surface area contributed by atoms with Crippen LogP contribution in [0, 0.1) is 18.3 Å². The monoisotopic (exact) mass is 784 g/mol. The lowest BCUT2D eigenvalue weighted by Gasteiger charge is -2.27. The molecule has 1 fully saturated rings. The number of pyridine rings is 1. The predicted molar refractivity (Wildman–Crippen MR) is 205 cm³/mol. The fourth-order valence-corrected chi connectivity index (χ4v) is 7.24. The van der Waals surface area contributed by atoms with Crippen LogP contribution in [0.5, 0.6) is 23.0 Å². The van der Waals surface area contributed by atoms with Crippen molar-refractivity contribution in [2.45, 2.75) is 51.0 Å². The minimum Gasteiger partial charge on any atom is -0.488 e. The molecule has 0 bridgehead atoms. The summed E-state index contributed by atoms with van der Waals surface area (Å²) in [6, 6.07) is 20.1. The van der Waals surface area contributed by atoms with Crippen molar-refractivity contribution in [3.63, 3.8) is 0 Å². The number of likely N-dealkylation sites (tertiary alicyclic amines) is 1. The number of amides is 1. The number of nitriles is 1. The van der Waals surface area contributed by atoms with E-state index in [1.165, 1.54) is 36.4 Å². The van der Waals surface area contributed by atoms with Gasteiger partial charge in [-0.05, 0) is 79.4 Å². The lowest BCUT2D eigenvalue weighted by atomic mass is 9.96. The topological polar surface area (TPSA) is 158 Å². The highest BCUT2D eigenvalue weighted by molar-refractivity contribution is 7.89. The minimum atomic E-state index is -3.74. The number of carbonyl (C=O) groups is 1. The van der Waals surface area contributed by atoms with Gasteiger partial charge in [0.15, 0.2) is 16.5 Å². The summed E-state index contributed by atoms with van der Waals surface area (Å²) in [6.45, 7) is 6.73. The molecule has 13 nitrogen and oxygen atoms in total. The van der Waals surface area contributed by atoms with Crippen molar-refractivity contribution in [3.8, 4) is 40.2 Å². The number of carbonyl (C=O) groups excluding carboxylic acids is 1. The molecule has 0 spiro atoms. The fourth-order valence-electron chi connectivity index (χ4n) is 6.26. The van der Waals surface area contributed by atoms with Gasteiger partial charge < -0.3 is 23.5 Å². The number of nitrogens with zero attached hydrogens (tertiary/aromatic N) is 5. The summed E-state index contributed by atoms with van der Waals surface area (Å²) >= 11 is 6.81. The zero-order valence-electron chi connectivity index (χ0n) is 30.5. The number of sulfonamides is 1. The molecule has 2 aliphatic rings.